The van der Waals surface area contributed by atoms with Crippen molar-refractivity contribution in [2.75, 3.05) is 0 Å². The van der Waals surface area contributed by atoms with Gasteiger partial charge in [0.2, 0.25) is 0 Å². The van der Waals surface area contributed by atoms with E-state index in [9.17, 15) is 9.59 Å². The molecule has 0 heterocycles. The van der Waals surface area contributed by atoms with E-state index in [1.807, 2.05) is 78.9 Å². The Bertz CT molecular complexity index is 1470. The quantitative estimate of drug-likeness (QED) is 0.218. The molecule has 0 fully saturated rings. The van der Waals surface area contributed by atoms with Gasteiger partial charge in [-0.2, -0.15) is 0 Å². The largest absolute Gasteiger partial charge is 0.419 e. The summed E-state index contributed by atoms with van der Waals surface area (Å²) < 4.78 is 11.6. The number of hydrogen-bond acceptors (Lipinski definition) is 4. The van der Waals surface area contributed by atoms with Crippen LogP contribution in [0, 0.1) is 0 Å². The molecule has 0 saturated heterocycles. The van der Waals surface area contributed by atoms with Crippen LogP contribution in [0.25, 0.3) is 21.9 Å². The van der Waals surface area contributed by atoms with Gasteiger partial charge in [-0.25, -0.2) is 9.59 Å². The number of rotatable bonds is 5. The Kier molecular flexibility index (Phi) is 5.87. The first kappa shape index (κ1) is 21.2. The van der Waals surface area contributed by atoms with Gasteiger partial charge in [0.05, 0.1) is 11.1 Å². The number of carbonyl (C=O) groups is 2. The Hall–Kier alpha value is -4.70. The van der Waals surface area contributed by atoms with E-state index < -0.39 is 11.9 Å². The molecular weight excluding hydrogens is 424 g/mol. The molecule has 5 rings (SSSR count). The van der Waals surface area contributed by atoms with E-state index in [2.05, 4.69) is 0 Å². The zero-order chi connectivity index (χ0) is 23.3. The molecule has 5 aromatic rings. The minimum atomic E-state index is -0.534. The van der Waals surface area contributed by atoms with E-state index in [1.54, 1.807) is 42.5 Å². The smallest absolute Gasteiger partial charge is 0.344 e. The lowest BCUT2D eigenvalue weighted by Crippen LogP contribution is -2.13. The summed E-state index contributed by atoms with van der Waals surface area (Å²) in [5.74, 6) is -0.704. The summed E-state index contributed by atoms with van der Waals surface area (Å²) in [4.78, 5) is 26.1. The Labute approximate surface area is 197 Å². The SMILES string of the molecule is O=C(Oc1cccc(-c2ccccc2)c1OC(=O)c1cccc2ccccc12)c1ccccc1. The van der Waals surface area contributed by atoms with E-state index in [0.29, 0.717) is 16.7 Å². The van der Waals surface area contributed by atoms with Gasteiger partial charge in [-0.15, -0.1) is 0 Å². The van der Waals surface area contributed by atoms with Crippen LogP contribution >= 0.6 is 0 Å². The zero-order valence-electron chi connectivity index (χ0n) is 18.2. The minimum absolute atomic E-state index is 0.170. The second-order valence-corrected chi connectivity index (χ2v) is 7.67. The molecule has 0 spiro atoms. The number of esters is 2. The molecule has 0 atom stereocenters. The Morgan fingerprint density at radius 1 is 0.529 bits per heavy atom. The van der Waals surface area contributed by atoms with Crippen molar-refractivity contribution in [2.24, 2.45) is 0 Å². The maximum absolute atomic E-state index is 13.4. The molecule has 4 heteroatoms. The average molecular weight is 444 g/mol. The molecule has 4 nitrogen and oxygen atoms in total. The minimum Gasteiger partial charge on any atom is -0.419 e. The van der Waals surface area contributed by atoms with Crippen molar-refractivity contribution in [1.29, 1.82) is 0 Å². The Morgan fingerprint density at radius 3 is 1.97 bits per heavy atom. The molecule has 0 aliphatic heterocycles. The summed E-state index contributed by atoms with van der Waals surface area (Å²) in [7, 11) is 0. The van der Waals surface area contributed by atoms with Crippen molar-refractivity contribution in [3.63, 3.8) is 0 Å². The molecule has 0 aliphatic rings. The van der Waals surface area contributed by atoms with E-state index in [-0.39, 0.29) is 11.5 Å². The fraction of sp³-hybridized carbons (Fsp3) is 0. The van der Waals surface area contributed by atoms with Crippen LogP contribution in [0.15, 0.2) is 121 Å². The number of ether oxygens (including phenoxy) is 2. The van der Waals surface area contributed by atoms with Crippen LogP contribution in [0.2, 0.25) is 0 Å². The van der Waals surface area contributed by atoms with Gasteiger partial charge in [0.25, 0.3) is 0 Å². The van der Waals surface area contributed by atoms with Crippen LogP contribution in [0.3, 0.4) is 0 Å². The highest BCUT2D eigenvalue weighted by molar-refractivity contribution is 6.05. The van der Waals surface area contributed by atoms with E-state index >= 15 is 0 Å². The summed E-state index contributed by atoms with van der Waals surface area (Å²) in [5.41, 5.74) is 2.31. The lowest BCUT2D eigenvalue weighted by atomic mass is 10.0. The van der Waals surface area contributed by atoms with E-state index in [1.165, 1.54) is 0 Å². The number of fused-ring (bicyclic) bond motifs is 1. The Balaban J connectivity index is 1.57. The van der Waals surface area contributed by atoms with Crippen LogP contribution in [0.4, 0.5) is 0 Å². The topological polar surface area (TPSA) is 52.6 Å². The molecule has 0 saturated carbocycles. The lowest BCUT2D eigenvalue weighted by molar-refractivity contribution is 0.0684. The second-order valence-electron chi connectivity index (χ2n) is 7.67. The van der Waals surface area contributed by atoms with Crippen LogP contribution in [0.1, 0.15) is 20.7 Å². The fourth-order valence-corrected chi connectivity index (χ4v) is 3.83. The van der Waals surface area contributed by atoms with E-state index in [4.69, 9.17) is 9.47 Å². The van der Waals surface area contributed by atoms with Crippen LogP contribution in [-0.4, -0.2) is 11.9 Å². The third-order valence-corrected chi connectivity index (χ3v) is 5.48. The van der Waals surface area contributed by atoms with Gasteiger partial charge in [0.1, 0.15) is 0 Å². The summed E-state index contributed by atoms with van der Waals surface area (Å²) >= 11 is 0. The van der Waals surface area contributed by atoms with Gasteiger partial charge in [-0.05, 0) is 40.6 Å². The maximum Gasteiger partial charge on any atom is 0.344 e. The number of para-hydroxylation sites is 1. The van der Waals surface area contributed by atoms with Gasteiger partial charge in [-0.1, -0.05) is 97.1 Å². The standard InChI is InChI=1S/C30H20O4/c31-29(23-14-5-2-6-15-23)33-27-20-10-18-25(22-11-3-1-4-12-22)28(27)34-30(32)26-19-9-16-21-13-7-8-17-24(21)26/h1-20H. The van der Waals surface area contributed by atoms with Gasteiger partial charge < -0.3 is 9.47 Å². The first-order valence-electron chi connectivity index (χ1n) is 10.9. The highest BCUT2D eigenvalue weighted by Gasteiger charge is 2.21. The molecule has 164 valence electrons. The van der Waals surface area contributed by atoms with Crippen molar-refractivity contribution >= 4 is 22.7 Å². The van der Waals surface area contributed by atoms with Crippen LogP contribution in [0.5, 0.6) is 11.5 Å². The van der Waals surface area contributed by atoms with Gasteiger partial charge in [0.15, 0.2) is 11.5 Å². The fourth-order valence-electron chi connectivity index (χ4n) is 3.83. The molecule has 0 aromatic heterocycles. The third-order valence-electron chi connectivity index (χ3n) is 5.48. The predicted octanol–water partition coefficient (Wildman–Crippen LogP) is 6.95. The maximum atomic E-state index is 13.4. The van der Waals surface area contributed by atoms with Crippen LogP contribution in [-0.2, 0) is 0 Å². The molecule has 0 radical (unpaired) electrons. The first-order chi connectivity index (χ1) is 16.7. The first-order valence-corrected chi connectivity index (χ1v) is 10.9. The predicted molar refractivity (Wildman–Crippen MR) is 132 cm³/mol. The van der Waals surface area contributed by atoms with Crippen molar-refractivity contribution in [1.82, 2.24) is 0 Å². The van der Waals surface area contributed by atoms with Crippen molar-refractivity contribution < 1.29 is 19.1 Å². The van der Waals surface area contributed by atoms with Crippen molar-refractivity contribution in [3.8, 4) is 22.6 Å². The third kappa shape index (κ3) is 4.30. The normalized spacial score (nSPS) is 10.6. The number of hydrogen-bond donors (Lipinski definition) is 0. The molecule has 5 aromatic carbocycles. The molecule has 0 N–H and O–H groups in total. The molecule has 0 amide bonds. The molecule has 0 bridgehead atoms. The molecular formula is C30H20O4. The highest BCUT2D eigenvalue weighted by Crippen LogP contribution is 2.39. The summed E-state index contributed by atoms with van der Waals surface area (Å²) in [6, 6.07) is 36.5. The lowest BCUT2D eigenvalue weighted by Gasteiger charge is -2.15. The van der Waals surface area contributed by atoms with Crippen molar-refractivity contribution in [3.05, 3.63) is 132 Å². The average Bonchev–Trinajstić information content (AvgIpc) is 2.90. The zero-order valence-corrected chi connectivity index (χ0v) is 18.2. The number of benzene rings is 5. The Morgan fingerprint density at radius 2 is 1.18 bits per heavy atom. The molecule has 0 unspecified atom stereocenters. The van der Waals surface area contributed by atoms with Gasteiger partial charge in [0, 0.05) is 5.56 Å². The van der Waals surface area contributed by atoms with Gasteiger partial charge in [-0.3, -0.25) is 0 Å². The van der Waals surface area contributed by atoms with Crippen molar-refractivity contribution in [2.45, 2.75) is 0 Å². The second kappa shape index (κ2) is 9.43. The summed E-state index contributed by atoms with van der Waals surface area (Å²) in [5, 5.41) is 1.72. The van der Waals surface area contributed by atoms with Crippen LogP contribution < -0.4 is 9.47 Å². The van der Waals surface area contributed by atoms with Gasteiger partial charge >= 0.3 is 11.9 Å². The molecule has 0 aliphatic carbocycles. The summed E-state index contributed by atoms with van der Waals surface area (Å²) in [6.07, 6.45) is 0. The van der Waals surface area contributed by atoms with E-state index in [0.717, 1.165) is 16.3 Å². The number of carbonyl (C=O) groups excluding carboxylic acids is 2. The highest BCUT2D eigenvalue weighted by atomic mass is 16.6. The molecule has 34 heavy (non-hydrogen) atoms. The summed E-state index contributed by atoms with van der Waals surface area (Å²) in [6.45, 7) is 0. The monoisotopic (exact) mass is 444 g/mol.